The first kappa shape index (κ1) is 22.0. The maximum Gasteiger partial charge on any atom is 0.258 e. The van der Waals surface area contributed by atoms with Crippen molar-refractivity contribution >= 4 is 5.91 Å². The highest BCUT2D eigenvalue weighted by Gasteiger charge is 2.19. The van der Waals surface area contributed by atoms with E-state index in [4.69, 9.17) is 14.4 Å². The molecule has 1 amide bonds. The van der Waals surface area contributed by atoms with Crippen molar-refractivity contribution in [1.82, 2.24) is 10.1 Å². The number of ether oxygens (including phenoxy) is 1. The molecule has 1 heterocycles. The zero-order valence-corrected chi connectivity index (χ0v) is 17.5. The number of hydrogen-bond acceptors (Lipinski definition) is 7. The van der Waals surface area contributed by atoms with Gasteiger partial charge in [-0.3, -0.25) is 4.79 Å². The quantitative estimate of drug-likeness (QED) is 0.647. The number of aliphatic hydroxyl groups is 1. The molecule has 3 aromatic rings. The topological polar surface area (TPSA) is 135 Å². The number of rotatable bonds is 5. The lowest BCUT2D eigenvalue weighted by Crippen LogP contribution is -2.14. The summed E-state index contributed by atoms with van der Waals surface area (Å²) in [5.74, 6) is 0.875. The lowest BCUT2D eigenvalue weighted by atomic mass is 10.0. The average Bonchev–Trinajstić information content (AvgIpc) is 3.43. The number of fused-ring (bicyclic) bond motifs is 1. The Morgan fingerprint density at radius 1 is 1.32 bits per heavy atom. The smallest absolute Gasteiger partial charge is 0.258 e. The Hall–Kier alpha value is -3.70. The number of nitrogens with two attached hydrogens (primary N) is 1. The van der Waals surface area contributed by atoms with Gasteiger partial charge < -0.3 is 20.1 Å². The molecule has 8 nitrogen and oxygen atoms in total. The van der Waals surface area contributed by atoms with Gasteiger partial charge in [0.25, 0.3) is 5.89 Å². The van der Waals surface area contributed by atoms with E-state index in [0.29, 0.717) is 28.6 Å². The molecule has 3 N–H and O–H groups in total. The van der Waals surface area contributed by atoms with Crippen molar-refractivity contribution in [2.45, 2.75) is 39.2 Å². The first-order valence-corrected chi connectivity index (χ1v) is 9.98. The number of hydrogen-bond donors (Lipinski definition) is 2. The molecule has 0 saturated carbocycles. The Bertz CT molecular complexity index is 1120. The maximum absolute atomic E-state index is 9.40. The van der Waals surface area contributed by atoms with Crippen molar-refractivity contribution in [3.63, 3.8) is 0 Å². The van der Waals surface area contributed by atoms with Crippen LogP contribution in [0.2, 0.25) is 0 Å². The van der Waals surface area contributed by atoms with Crippen LogP contribution in [0.25, 0.3) is 22.8 Å². The Labute approximate surface area is 180 Å². The molecule has 0 spiro atoms. The fourth-order valence-electron chi connectivity index (χ4n) is 3.39. The number of carbonyl (C=O) groups excluding carboxylic acids is 1. The molecule has 1 aliphatic rings. The van der Waals surface area contributed by atoms with Gasteiger partial charge in [-0.15, -0.1) is 0 Å². The number of amides is 1. The van der Waals surface area contributed by atoms with Crippen molar-refractivity contribution in [1.29, 1.82) is 5.26 Å². The van der Waals surface area contributed by atoms with Crippen LogP contribution in [0.15, 0.2) is 40.9 Å². The van der Waals surface area contributed by atoms with Crippen LogP contribution >= 0.6 is 0 Å². The molecule has 0 fully saturated rings. The molecular formula is C23H24N4O4. The van der Waals surface area contributed by atoms with Gasteiger partial charge in [0.2, 0.25) is 11.7 Å². The molecule has 160 valence electrons. The molecule has 1 aliphatic carbocycles. The molecule has 0 atom stereocenters. The van der Waals surface area contributed by atoms with Gasteiger partial charge in [0, 0.05) is 11.1 Å². The summed E-state index contributed by atoms with van der Waals surface area (Å²) in [6, 6.07) is 13.8. The van der Waals surface area contributed by atoms with E-state index >= 15 is 0 Å². The number of nitriles is 1. The Kier molecular flexibility index (Phi) is 7.00. The predicted octanol–water partition coefficient (Wildman–Crippen LogP) is 3.02. The number of aromatic nitrogens is 2. The summed E-state index contributed by atoms with van der Waals surface area (Å²) in [5.41, 5.74) is 9.30. The third-order valence-electron chi connectivity index (χ3n) is 4.68. The van der Waals surface area contributed by atoms with E-state index in [-0.39, 0.29) is 6.10 Å². The van der Waals surface area contributed by atoms with Gasteiger partial charge in [-0.2, -0.15) is 10.2 Å². The third-order valence-corrected chi connectivity index (χ3v) is 4.68. The van der Waals surface area contributed by atoms with Crippen molar-refractivity contribution < 1.29 is 19.2 Å². The molecule has 0 radical (unpaired) electrons. The van der Waals surface area contributed by atoms with Gasteiger partial charge in [0.05, 0.1) is 11.7 Å². The van der Waals surface area contributed by atoms with Gasteiger partial charge in [0.1, 0.15) is 18.4 Å². The second-order valence-electron chi connectivity index (χ2n) is 7.33. The second kappa shape index (κ2) is 9.87. The van der Waals surface area contributed by atoms with E-state index in [2.05, 4.69) is 28.0 Å². The number of carbonyl (C=O) groups is 1. The Morgan fingerprint density at radius 3 is 2.77 bits per heavy atom. The SMILES string of the molecule is CC(C)Oc1ccc(-c2nc(-c3cccc4c3CCC4)no2)cc1C#N.NC(=O)CO. The standard InChI is InChI=1S/C21H19N3O2.C2H5NO2/c1-13(2)25-19-10-9-15(11-16(19)12-22)21-23-20(24-26-21)18-8-4-6-14-5-3-7-17(14)18;3-2(5)1-4/h4,6,8-11,13H,3,5,7H2,1-2H3;4H,1H2,(H2,3,5). The lowest BCUT2D eigenvalue weighted by Gasteiger charge is -2.11. The average molecular weight is 420 g/mol. The molecule has 2 aromatic carbocycles. The van der Waals surface area contributed by atoms with Crippen molar-refractivity contribution in [3.05, 3.63) is 53.1 Å². The van der Waals surface area contributed by atoms with Crippen LogP contribution in [0.5, 0.6) is 5.75 Å². The molecule has 4 rings (SSSR count). The number of aryl methyl sites for hydroxylation is 1. The van der Waals surface area contributed by atoms with Gasteiger partial charge in [0.15, 0.2) is 0 Å². The third kappa shape index (κ3) is 5.27. The van der Waals surface area contributed by atoms with Crippen LogP contribution in [0.1, 0.15) is 37.0 Å². The summed E-state index contributed by atoms with van der Waals surface area (Å²) in [7, 11) is 0. The van der Waals surface area contributed by atoms with Crippen LogP contribution < -0.4 is 10.5 Å². The first-order valence-electron chi connectivity index (χ1n) is 9.98. The van der Waals surface area contributed by atoms with E-state index in [9.17, 15) is 10.1 Å². The number of aliphatic hydroxyl groups excluding tert-OH is 1. The normalized spacial score (nSPS) is 12.0. The molecule has 0 unspecified atom stereocenters. The van der Waals surface area contributed by atoms with Crippen LogP contribution in [0, 0.1) is 11.3 Å². The van der Waals surface area contributed by atoms with Gasteiger partial charge >= 0.3 is 0 Å². The highest BCUT2D eigenvalue weighted by molar-refractivity contribution is 5.74. The summed E-state index contributed by atoms with van der Waals surface area (Å²) < 4.78 is 11.1. The molecule has 0 bridgehead atoms. The monoisotopic (exact) mass is 420 g/mol. The summed E-state index contributed by atoms with van der Waals surface area (Å²) in [5, 5.41) is 21.2. The summed E-state index contributed by atoms with van der Waals surface area (Å²) in [6.45, 7) is 3.30. The zero-order valence-electron chi connectivity index (χ0n) is 17.5. The van der Waals surface area contributed by atoms with Crippen molar-refractivity contribution in [2.75, 3.05) is 6.61 Å². The van der Waals surface area contributed by atoms with E-state index in [1.54, 1.807) is 12.1 Å². The summed E-state index contributed by atoms with van der Waals surface area (Å²) >= 11 is 0. The van der Waals surface area contributed by atoms with Gasteiger partial charge in [-0.05, 0) is 62.4 Å². The fraction of sp³-hybridized carbons (Fsp3) is 0.304. The minimum absolute atomic E-state index is 0.00290. The fourth-order valence-corrected chi connectivity index (χ4v) is 3.39. The van der Waals surface area contributed by atoms with E-state index in [1.165, 1.54) is 17.5 Å². The van der Waals surface area contributed by atoms with E-state index in [1.807, 2.05) is 32.0 Å². The molecule has 31 heavy (non-hydrogen) atoms. The Morgan fingerprint density at radius 2 is 2.10 bits per heavy atom. The van der Waals surface area contributed by atoms with Crippen LogP contribution in [0.4, 0.5) is 0 Å². The molecule has 8 heteroatoms. The largest absolute Gasteiger partial charge is 0.490 e. The van der Waals surface area contributed by atoms with Crippen LogP contribution in [-0.4, -0.2) is 33.9 Å². The summed E-state index contributed by atoms with van der Waals surface area (Å²) in [6.07, 6.45) is 3.33. The maximum atomic E-state index is 9.40. The van der Waals surface area contributed by atoms with E-state index in [0.717, 1.165) is 18.4 Å². The minimum Gasteiger partial charge on any atom is -0.490 e. The summed E-state index contributed by atoms with van der Waals surface area (Å²) in [4.78, 5) is 13.9. The van der Waals surface area contributed by atoms with Crippen molar-refractivity contribution in [2.24, 2.45) is 5.73 Å². The van der Waals surface area contributed by atoms with Gasteiger partial charge in [-0.1, -0.05) is 23.4 Å². The predicted molar refractivity (Wildman–Crippen MR) is 114 cm³/mol. The number of benzene rings is 2. The highest BCUT2D eigenvalue weighted by atomic mass is 16.5. The number of primary amides is 1. The van der Waals surface area contributed by atoms with Crippen molar-refractivity contribution in [3.8, 4) is 34.7 Å². The van der Waals surface area contributed by atoms with E-state index < -0.39 is 12.5 Å². The van der Waals surface area contributed by atoms with Crippen LogP contribution in [0.3, 0.4) is 0 Å². The molecule has 0 saturated heterocycles. The van der Waals surface area contributed by atoms with Crippen LogP contribution in [-0.2, 0) is 17.6 Å². The zero-order chi connectivity index (χ0) is 22.4. The van der Waals surface area contributed by atoms with Gasteiger partial charge in [-0.25, -0.2) is 0 Å². The number of nitrogens with zero attached hydrogens (tertiary/aromatic N) is 3. The second-order valence-corrected chi connectivity index (χ2v) is 7.33. The highest BCUT2D eigenvalue weighted by Crippen LogP contribution is 2.32. The Balaban J connectivity index is 0.000000491. The molecular weight excluding hydrogens is 396 g/mol. The molecule has 1 aromatic heterocycles. The lowest BCUT2D eigenvalue weighted by molar-refractivity contribution is -0.120. The minimum atomic E-state index is -0.690. The first-order chi connectivity index (χ1) is 14.9. The molecule has 0 aliphatic heterocycles.